The number of rotatable bonds is 6. The lowest BCUT2D eigenvalue weighted by Crippen LogP contribution is -2.19. The highest BCUT2D eigenvalue weighted by atomic mass is 32.2. The predicted molar refractivity (Wildman–Crippen MR) is 89.8 cm³/mol. The molecule has 1 N–H and O–H groups in total. The van der Waals surface area contributed by atoms with Gasteiger partial charge in [-0.05, 0) is 37.9 Å². The highest BCUT2D eigenvalue weighted by Gasteiger charge is 2.15. The number of hydrogen-bond donors (Lipinski definition) is 1. The third-order valence-corrected chi connectivity index (χ3v) is 4.83. The van der Waals surface area contributed by atoms with Crippen LogP contribution in [0.4, 0.5) is 0 Å². The molecule has 0 spiro atoms. The third-order valence-electron chi connectivity index (χ3n) is 3.44. The number of aryl methyl sites for hydroxylation is 3. The van der Waals surface area contributed by atoms with Crippen LogP contribution in [-0.2, 0) is 13.6 Å². The Bertz CT molecular complexity index is 602. The first-order valence-corrected chi connectivity index (χ1v) is 8.27. The maximum atomic E-state index is 4.59. The largest absolute Gasteiger partial charge is 0.312 e. The number of nitrogens with zero attached hydrogens (tertiary/aromatic N) is 2. The SMILES string of the molecule is Cc1ccccc1Sc1c(CNCC(C)C)c(C)nn1C. The molecule has 0 aliphatic heterocycles. The van der Waals surface area contributed by atoms with Crippen LogP contribution in [0.3, 0.4) is 0 Å². The predicted octanol–water partition coefficient (Wildman–Crippen LogP) is 3.93. The van der Waals surface area contributed by atoms with E-state index in [1.165, 1.54) is 21.0 Å². The minimum Gasteiger partial charge on any atom is -0.312 e. The maximum absolute atomic E-state index is 4.59. The van der Waals surface area contributed by atoms with Gasteiger partial charge in [0.05, 0.1) is 5.69 Å². The fourth-order valence-corrected chi connectivity index (χ4v) is 3.37. The summed E-state index contributed by atoms with van der Waals surface area (Å²) in [5, 5.41) is 9.35. The minimum atomic E-state index is 0.662. The molecule has 1 aromatic carbocycles. The van der Waals surface area contributed by atoms with E-state index < -0.39 is 0 Å². The topological polar surface area (TPSA) is 29.9 Å². The van der Waals surface area contributed by atoms with Crippen molar-refractivity contribution in [3.05, 3.63) is 41.1 Å². The van der Waals surface area contributed by atoms with Gasteiger partial charge in [-0.1, -0.05) is 43.8 Å². The van der Waals surface area contributed by atoms with E-state index >= 15 is 0 Å². The second-order valence-corrected chi connectivity index (χ2v) is 6.92. The molecule has 2 rings (SSSR count). The Hall–Kier alpha value is -1.26. The molecule has 0 atom stereocenters. The minimum absolute atomic E-state index is 0.662. The molecular weight excluding hydrogens is 278 g/mol. The van der Waals surface area contributed by atoms with E-state index in [0.29, 0.717) is 5.92 Å². The Morgan fingerprint density at radius 2 is 1.95 bits per heavy atom. The van der Waals surface area contributed by atoms with Crippen LogP contribution in [0.5, 0.6) is 0 Å². The van der Waals surface area contributed by atoms with Gasteiger partial charge >= 0.3 is 0 Å². The Morgan fingerprint density at radius 3 is 2.62 bits per heavy atom. The number of hydrogen-bond acceptors (Lipinski definition) is 3. The molecule has 0 radical (unpaired) electrons. The lowest BCUT2D eigenvalue weighted by atomic mass is 10.2. The van der Waals surface area contributed by atoms with Crippen LogP contribution < -0.4 is 5.32 Å². The van der Waals surface area contributed by atoms with Crippen LogP contribution in [-0.4, -0.2) is 16.3 Å². The molecule has 21 heavy (non-hydrogen) atoms. The van der Waals surface area contributed by atoms with Gasteiger partial charge in [0.2, 0.25) is 0 Å². The van der Waals surface area contributed by atoms with Gasteiger partial charge in [-0.3, -0.25) is 4.68 Å². The molecule has 4 heteroatoms. The molecule has 0 amide bonds. The van der Waals surface area contributed by atoms with Crippen LogP contribution in [0.2, 0.25) is 0 Å². The van der Waals surface area contributed by atoms with E-state index in [4.69, 9.17) is 0 Å². The van der Waals surface area contributed by atoms with Gasteiger partial charge in [-0.15, -0.1) is 0 Å². The van der Waals surface area contributed by atoms with Crippen molar-refractivity contribution in [1.29, 1.82) is 0 Å². The van der Waals surface area contributed by atoms with Crippen molar-refractivity contribution >= 4 is 11.8 Å². The van der Waals surface area contributed by atoms with Gasteiger partial charge in [0, 0.05) is 24.1 Å². The molecule has 0 bridgehead atoms. The average Bonchev–Trinajstić information content (AvgIpc) is 2.67. The molecule has 0 unspecified atom stereocenters. The van der Waals surface area contributed by atoms with E-state index in [1.54, 1.807) is 0 Å². The summed E-state index contributed by atoms with van der Waals surface area (Å²) in [6.45, 7) is 10.6. The van der Waals surface area contributed by atoms with Gasteiger partial charge in [0.25, 0.3) is 0 Å². The summed E-state index contributed by atoms with van der Waals surface area (Å²) in [6, 6.07) is 8.50. The number of aromatic nitrogens is 2. The summed E-state index contributed by atoms with van der Waals surface area (Å²) in [5.41, 5.74) is 3.73. The molecule has 3 nitrogen and oxygen atoms in total. The van der Waals surface area contributed by atoms with Crippen LogP contribution in [0.15, 0.2) is 34.2 Å². The van der Waals surface area contributed by atoms with E-state index in [9.17, 15) is 0 Å². The molecule has 1 aromatic heterocycles. The summed E-state index contributed by atoms with van der Waals surface area (Å²) < 4.78 is 2.00. The lowest BCUT2D eigenvalue weighted by Gasteiger charge is -2.10. The number of benzene rings is 1. The summed E-state index contributed by atoms with van der Waals surface area (Å²) >= 11 is 1.81. The zero-order chi connectivity index (χ0) is 15.4. The molecular formula is C17H25N3S. The molecule has 114 valence electrons. The van der Waals surface area contributed by atoms with Crippen molar-refractivity contribution in [2.75, 3.05) is 6.54 Å². The molecule has 1 heterocycles. The van der Waals surface area contributed by atoms with Crippen molar-refractivity contribution < 1.29 is 0 Å². The molecule has 0 saturated carbocycles. The summed E-state index contributed by atoms with van der Waals surface area (Å²) in [4.78, 5) is 1.30. The Kier molecular flexibility index (Phi) is 5.48. The first-order chi connectivity index (χ1) is 9.99. The second-order valence-electron chi connectivity index (χ2n) is 5.89. The zero-order valence-corrected chi connectivity index (χ0v) is 14.4. The highest BCUT2D eigenvalue weighted by molar-refractivity contribution is 7.99. The quantitative estimate of drug-likeness (QED) is 0.877. The van der Waals surface area contributed by atoms with Crippen LogP contribution >= 0.6 is 11.8 Å². The normalized spacial score (nSPS) is 11.3. The molecule has 0 aliphatic carbocycles. The van der Waals surface area contributed by atoms with Gasteiger partial charge in [-0.25, -0.2) is 0 Å². The smallest absolute Gasteiger partial charge is 0.103 e. The van der Waals surface area contributed by atoms with Crippen molar-refractivity contribution in [2.45, 2.75) is 44.2 Å². The summed E-state index contributed by atoms with van der Waals surface area (Å²) in [7, 11) is 2.03. The van der Waals surface area contributed by atoms with Crippen LogP contribution in [0.1, 0.15) is 30.7 Å². The molecule has 0 saturated heterocycles. The van der Waals surface area contributed by atoms with Gasteiger partial charge in [0.15, 0.2) is 0 Å². The Morgan fingerprint density at radius 1 is 1.24 bits per heavy atom. The Labute approximate surface area is 132 Å². The van der Waals surface area contributed by atoms with Crippen molar-refractivity contribution in [2.24, 2.45) is 13.0 Å². The fourth-order valence-electron chi connectivity index (χ4n) is 2.27. The summed E-state index contributed by atoms with van der Waals surface area (Å²) in [5.74, 6) is 0.662. The van der Waals surface area contributed by atoms with E-state index in [-0.39, 0.29) is 0 Å². The average molecular weight is 303 g/mol. The van der Waals surface area contributed by atoms with Gasteiger partial charge < -0.3 is 5.32 Å². The van der Waals surface area contributed by atoms with Crippen LogP contribution in [0.25, 0.3) is 0 Å². The van der Waals surface area contributed by atoms with Gasteiger partial charge in [0.1, 0.15) is 5.03 Å². The monoisotopic (exact) mass is 303 g/mol. The van der Waals surface area contributed by atoms with Gasteiger partial charge in [-0.2, -0.15) is 5.10 Å². The lowest BCUT2D eigenvalue weighted by molar-refractivity contribution is 0.548. The number of nitrogens with one attached hydrogen (secondary N) is 1. The second kappa shape index (κ2) is 7.14. The first kappa shape index (κ1) is 16.1. The van der Waals surface area contributed by atoms with Crippen molar-refractivity contribution in [1.82, 2.24) is 15.1 Å². The standard InChI is InChI=1S/C17H25N3S/c1-12(2)10-18-11-15-14(4)19-20(5)17(15)21-16-9-7-6-8-13(16)3/h6-9,12,18H,10-11H2,1-5H3. The molecule has 2 aromatic rings. The van der Waals surface area contributed by atoms with Crippen molar-refractivity contribution in [3.63, 3.8) is 0 Å². The third kappa shape index (κ3) is 4.11. The van der Waals surface area contributed by atoms with Crippen LogP contribution in [0, 0.1) is 19.8 Å². The first-order valence-electron chi connectivity index (χ1n) is 7.45. The Balaban J connectivity index is 2.20. The summed E-state index contributed by atoms with van der Waals surface area (Å²) in [6.07, 6.45) is 0. The zero-order valence-electron chi connectivity index (χ0n) is 13.6. The molecule has 0 fully saturated rings. The van der Waals surface area contributed by atoms with E-state index in [2.05, 4.69) is 62.4 Å². The maximum Gasteiger partial charge on any atom is 0.103 e. The fraction of sp³-hybridized carbons (Fsp3) is 0.471. The molecule has 0 aliphatic rings. The highest BCUT2D eigenvalue weighted by Crippen LogP contribution is 2.33. The van der Waals surface area contributed by atoms with Crippen molar-refractivity contribution in [3.8, 4) is 0 Å². The van der Waals surface area contributed by atoms with E-state index in [1.807, 2.05) is 23.5 Å². The van der Waals surface area contributed by atoms with E-state index in [0.717, 1.165) is 18.8 Å².